The highest BCUT2D eigenvalue weighted by Gasteiger charge is 2.24. The fourth-order valence-corrected chi connectivity index (χ4v) is 8.47. The molecule has 4 heteroatoms. The molecular weight excluding hydrogens is 631 g/mol. The van der Waals surface area contributed by atoms with Gasteiger partial charge in [0.05, 0.1) is 19.5 Å². The van der Waals surface area contributed by atoms with Gasteiger partial charge in [-0.2, -0.15) is 0 Å². The third-order valence-corrected chi connectivity index (χ3v) is 10.8. The van der Waals surface area contributed by atoms with Crippen LogP contribution in [0.2, 0.25) is 0 Å². The predicted molar refractivity (Wildman–Crippen MR) is 212 cm³/mol. The molecule has 0 heterocycles. The molecule has 0 aromatic heterocycles. The Morgan fingerprint density at radius 2 is 1.00 bits per heavy atom. The number of aromatic hydroxyl groups is 1. The summed E-state index contributed by atoms with van der Waals surface area (Å²) in [6, 6.07) is 56.6. The first-order valence-electron chi connectivity index (χ1n) is 16.7. The Morgan fingerprint density at radius 3 is 1.58 bits per heavy atom. The molecule has 0 aliphatic rings. The Kier molecular flexibility index (Phi) is 8.50. The molecule has 0 radical (unpaired) electrons. The molecule has 8 aromatic carbocycles. The summed E-state index contributed by atoms with van der Waals surface area (Å²) in [5, 5.41) is 18.3. The Labute approximate surface area is 294 Å². The highest BCUT2D eigenvalue weighted by Crippen LogP contribution is 2.47. The van der Waals surface area contributed by atoms with Gasteiger partial charge in [-0.1, -0.05) is 146 Å². The summed E-state index contributed by atoms with van der Waals surface area (Å²) in [6.07, 6.45) is 0. The Balaban J connectivity index is 1.33. The van der Waals surface area contributed by atoms with E-state index in [9.17, 15) is 5.11 Å². The fourth-order valence-electron chi connectivity index (χ4n) is 7.11. The quantitative estimate of drug-likeness (QED) is 0.130. The third kappa shape index (κ3) is 5.56. The Hall–Kier alpha value is -5.89. The van der Waals surface area contributed by atoms with Gasteiger partial charge in [-0.3, -0.25) is 0 Å². The van der Waals surface area contributed by atoms with E-state index in [2.05, 4.69) is 127 Å². The summed E-state index contributed by atoms with van der Waals surface area (Å²) in [5.41, 5.74) is 8.33. The number of hydrogen-bond donors (Lipinski definition) is 1. The molecule has 50 heavy (non-hydrogen) atoms. The van der Waals surface area contributed by atoms with Gasteiger partial charge in [-0.25, -0.2) is 0 Å². The molecule has 3 nitrogen and oxygen atoms in total. The van der Waals surface area contributed by atoms with Gasteiger partial charge in [0.25, 0.3) is 0 Å². The van der Waals surface area contributed by atoms with Crippen molar-refractivity contribution in [1.82, 2.24) is 0 Å². The maximum atomic E-state index is 12.1. The summed E-state index contributed by atoms with van der Waals surface area (Å²) in [7, 11) is 3.46. The standard InChI is InChI=1S/C46H35O3P/c1-48-40-28-27-39(43-34(30-15-5-3-6-16-30)23-13-24-35(43)31-17-7-4-8-18-31)45(49-2)46(40)50-41-26-14-25-38(44(41)47)42-36-21-11-9-19-32(36)29-33-20-10-12-22-37(33)42/h3-29,47,50H,1-2H3. The van der Waals surface area contributed by atoms with Crippen LogP contribution in [0.4, 0.5) is 0 Å². The van der Waals surface area contributed by atoms with Crippen molar-refractivity contribution in [3.05, 3.63) is 164 Å². The van der Waals surface area contributed by atoms with Gasteiger partial charge >= 0.3 is 0 Å². The van der Waals surface area contributed by atoms with E-state index in [0.29, 0.717) is 5.75 Å². The van der Waals surface area contributed by atoms with Crippen molar-refractivity contribution in [3.63, 3.8) is 0 Å². The van der Waals surface area contributed by atoms with Crippen molar-refractivity contribution in [2.75, 3.05) is 14.2 Å². The molecule has 0 fully saturated rings. The van der Waals surface area contributed by atoms with E-state index in [1.807, 2.05) is 36.4 Å². The smallest absolute Gasteiger partial charge is 0.138 e. The lowest BCUT2D eigenvalue weighted by Gasteiger charge is -2.22. The molecule has 1 N–H and O–H groups in total. The van der Waals surface area contributed by atoms with Crippen molar-refractivity contribution < 1.29 is 14.6 Å². The van der Waals surface area contributed by atoms with Crippen LogP contribution in [-0.4, -0.2) is 19.3 Å². The van der Waals surface area contributed by atoms with Crippen LogP contribution in [-0.2, 0) is 0 Å². The minimum absolute atomic E-state index is 0.0499. The van der Waals surface area contributed by atoms with E-state index in [4.69, 9.17) is 9.47 Å². The van der Waals surface area contributed by atoms with Gasteiger partial charge in [-0.15, -0.1) is 0 Å². The molecule has 0 amide bonds. The number of fused-ring (bicyclic) bond motifs is 2. The number of phenols is 1. The lowest BCUT2D eigenvalue weighted by atomic mass is 9.87. The molecule has 0 saturated heterocycles. The second kappa shape index (κ2) is 13.6. The molecule has 8 aromatic rings. The molecule has 0 aliphatic carbocycles. The van der Waals surface area contributed by atoms with Crippen molar-refractivity contribution in [2.45, 2.75) is 0 Å². The SMILES string of the molecule is COc1ccc(-c2c(-c3ccccc3)cccc2-c2ccccc2)c(OC)c1Pc1cccc(-c2c3ccccc3cc3ccccc23)c1O. The van der Waals surface area contributed by atoms with Gasteiger partial charge < -0.3 is 14.6 Å². The zero-order valence-corrected chi connectivity index (χ0v) is 28.9. The van der Waals surface area contributed by atoms with E-state index < -0.39 is 0 Å². The van der Waals surface area contributed by atoms with Crippen LogP contribution < -0.4 is 20.1 Å². The second-order valence-electron chi connectivity index (χ2n) is 12.2. The fraction of sp³-hybridized carbons (Fsp3) is 0.0435. The molecule has 1 atom stereocenters. The maximum Gasteiger partial charge on any atom is 0.138 e. The summed E-state index contributed by atoms with van der Waals surface area (Å²) >= 11 is 0. The lowest BCUT2D eigenvalue weighted by molar-refractivity contribution is 0.402. The summed E-state index contributed by atoms with van der Waals surface area (Å²) in [4.78, 5) is 0. The molecule has 0 saturated carbocycles. The first-order valence-corrected chi connectivity index (χ1v) is 17.7. The van der Waals surface area contributed by atoms with Crippen molar-refractivity contribution in [2.24, 2.45) is 0 Å². The first kappa shape index (κ1) is 31.4. The zero-order valence-electron chi connectivity index (χ0n) is 27.9. The molecule has 0 aliphatic heterocycles. The molecular formula is C46H35O3P. The van der Waals surface area contributed by atoms with Crippen LogP contribution in [0.3, 0.4) is 0 Å². The topological polar surface area (TPSA) is 38.7 Å². The van der Waals surface area contributed by atoms with Gasteiger partial charge in [0.2, 0.25) is 0 Å². The van der Waals surface area contributed by atoms with Crippen molar-refractivity contribution in [1.29, 1.82) is 0 Å². The van der Waals surface area contributed by atoms with Crippen LogP contribution in [0.25, 0.3) is 66.1 Å². The number of para-hydroxylation sites is 1. The number of ether oxygens (including phenoxy) is 2. The monoisotopic (exact) mass is 666 g/mol. The average Bonchev–Trinajstić information content (AvgIpc) is 3.18. The first-order chi connectivity index (χ1) is 24.7. The van der Waals surface area contributed by atoms with E-state index in [-0.39, 0.29) is 14.3 Å². The molecule has 0 bridgehead atoms. The number of benzene rings is 8. The summed E-state index contributed by atoms with van der Waals surface area (Å²) in [5.74, 6) is 1.70. The Morgan fingerprint density at radius 1 is 0.460 bits per heavy atom. The minimum atomic E-state index is 0.0499. The predicted octanol–water partition coefficient (Wildman–Crippen LogP) is 11.0. The van der Waals surface area contributed by atoms with Crippen molar-refractivity contribution >= 4 is 40.7 Å². The van der Waals surface area contributed by atoms with Crippen LogP contribution >= 0.6 is 8.58 Å². The van der Waals surface area contributed by atoms with Crippen LogP contribution in [0, 0.1) is 0 Å². The molecule has 1 unspecified atom stereocenters. The van der Waals surface area contributed by atoms with E-state index in [0.717, 1.165) is 82.4 Å². The van der Waals surface area contributed by atoms with Gasteiger partial charge in [0.1, 0.15) is 17.2 Å². The molecule has 8 rings (SSSR count). The maximum absolute atomic E-state index is 12.1. The van der Waals surface area contributed by atoms with Gasteiger partial charge in [0, 0.05) is 27.6 Å². The van der Waals surface area contributed by atoms with E-state index >= 15 is 0 Å². The number of hydrogen-bond acceptors (Lipinski definition) is 3. The largest absolute Gasteiger partial charge is 0.507 e. The van der Waals surface area contributed by atoms with E-state index in [1.54, 1.807) is 14.2 Å². The van der Waals surface area contributed by atoms with Gasteiger partial charge in [-0.05, 0) is 70.6 Å². The average molecular weight is 667 g/mol. The zero-order chi connectivity index (χ0) is 34.0. The number of methoxy groups -OCH3 is 2. The minimum Gasteiger partial charge on any atom is -0.507 e. The van der Waals surface area contributed by atoms with Crippen LogP contribution in [0.5, 0.6) is 17.2 Å². The second-order valence-corrected chi connectivity index (χ2v) is 13.5. The molecule has 242 valence electrons. The number of phenolic OH excluding ortho intramolecular Hbond substituents is 1. The van der Waals surface area contributed by atoms with Crippen molar-refractivity contribution in [3.8, 4) is 61.8 Å². The summed E-state index contributed by atoms with van der Waals surface area (Å²) < 4.78 is 12.3. The Bertz CT molecular complexity index is 2380. The third-order valence-electron chi connectivity index (χ3n) is 9.38. The van der Waals surface area contributed by atoms with Gasteiger partial charge in [0.15, 0.2) is 0 Å². The van der Waals surface area contributed by atoms with Crippen LogP contribution in [0.1, 0.15) is 0 Å². The van der Waals surface area contributed by atoms with E-state index in [1.165, 1.54) is 0 Å². The summed E-state index contributed by atoms with van der Waals surface area (Å²) in [6.45, 7) is 0. The molecule has 0 spiro atoms. The normalized spacial score (nSPS) is 11.4. The highest BCUT2D eigenvalue weighted by molar-refractivity contribution is 7.56. The van der Waals surface area contributed by atoms with Crippen LogP contribution in [0.15, 0.2) is 164 Å². The highest BCUT2D eigenvalue weighted by atomic mass is 31.1. The lowest BCUT2D eigenvalue weighted by Crippen LogP contribution is -2.12. The number of rotatable bonds is 8.